The molecule has 96 valence electrons. The van der Waals surface area contributed by atoms with Crippen molar-refractivity contribution in [2.75, 3.05) is 5.73 Å². The molecule has 0 unspecified atom stereocenters. The molecule has 0 aliphatic heterocycles. The average Bonchev–Trinajstić information content (AvgIpc) is 2.72. The van der Waals surface area contributed by atoms with E-state index in [2.05, 4.69) is 20.9 Å². The van der Waals surface area contributed by atoms with Crippen molar-refractivity contribution in [2.24, 2.45) is 0 Å². The molecule has 0 bridgehead atoms. The van der Waals surface area contributed by atoms with Crippen LogP contribution in [0.1, 0.15) is 0 Å². The van der Waals surface area contributed by atoms with Gasteiger partial charge < -0.3 is 10.2 Å². The minimum atomic E-state index is 0.461. The zero-order valence-electron chi connectivity index (χ0n) is 9.45. The Bertz CT molecular complexity index is 747. The molecule has 6 heteroatoms. The summed E-state index contributed by atoms with van der Waals surface area (Å²) in [5, 5.41) is 1.10. The highest BCUT2D eigenvalue weighted by molar-refractivity contribution is 9.10. The SMILES string of the molecule is Nc1cc2oc(-c3ccc(Cl)cc3Br)nc2cc1Cl. The molecule has 0 saturated carbocycles. The summed E-state index contributed by atoms with van der Waals surface area (Å²) in [6.07, 6.45) is 0. The Kier molecular flexibility index (Phi) is 3.17. The third kappa shape index (κ3) is 2.31. The van der Waals surface area contributed by atoms with E-state index in [-0.39, 0.29) is 0 Å². The van der Waals surface area contributed by atoms with Gasteiger partial charge in [-0.2, -0.15) is 0 Å². The predicted molar refractivity (Wildman–Crippen MR) is 81.6 cm³/mol. The predicted octanol–water partition coefficient (Wildman–Crippen LogP) is 5.15. The topological polar surface area (TPSA) is 52.0 Å². The van der Waals surface area contributed by atoms with Crippen LogP contribution < -0.4 is 5.73 Å². The number of fused-ring (bicyclic) bond motifs is 1. The largest absolute Gasteiger partial charge is 0.436 e. The summed E-state index contributed by atoms with van der Waals surface area (Å²) in [7, 11) is 0. The van der Waals surface area contributed by atoms with Crippen LogP contribution in [0.2, 0.25) is 10.0 Å². The Morgan fingerprint density at radius 3 is 2.68 bits per heavy atom. The molecular weight excluding hydrogens is 351 g/mol. The number of hydrogen-bond donors (Lipinski definition) is 1. The molecule has 19 heavy (non-hydrogen) atoms. The van der Waals surface area contributed by atoms with Crippen molar-refractivity contribution in [3.8, 4) is 11.5 Å². The van der Waals surface area contributed by atoms with E-state index >= 15 is 0 Å². The fraction of sp³-hybridized carbons (Fsp3) is 0. The second-order valence-corrected chi connectivity index (χ2v) is 5.68. The number of benzene rings is 2. The molecule has 0 fully saturated rings. The first kappa shape index (κ1) is 12.8. The first-order valence-electron chi connectivity index (χ1n) is 5.35. The number of hydrogen-bond acceptors (Lipinski definition) is 3. The van der Waals surface area contributed by atoms with Crippen LogP contribution in [0.15, 0.2) is 39.2 Å². The summed E-state index contributed by atoms with van der Waals surface area (Å²) in [6, 6.07) is 8.74. The molecule has 2 N–H and O–H groups in total. The van der Waals surface area contributed by atoms with Gasteiger partial charge in [-0.05, 0) is 40.2 Å². The number of nitrogens with zero attached hydrogens (tertiary/aromatic N) is 1. The van der Waals surface area contributed by atoms with Gasteiger partial charge in [0.15, 0.2) is 5.58 Å². The Labute approximate surface area is 127 Å². The molecule has 3 rings (SSSR count). The van der Waals surface area contributed by atoms with E-state index in [0.717, 1.165) is 10.0 Å². The molecule has 0 spiro atoms. The number of aromatic nitrogens is 1. The van der Waals surface area contributed by atoms with Crippen molar-refractivity contribution < 1.29 is 4.42 Å². The molecule has 0 aliphatic rings. The van der Waals surface area contributed by atoms with Crippen LogP contribution in [0, 0.1) is 0 Å². The molecule has 0 amide bonds. The third-order valence-electron chi connectivity index (χ3n) is 2.67. The number of nitrogen functional groups attached to an aromatic ring is 1. The molecule has 1 aromatic heterocycles. The van der Waals surface area contributed by atoms with Crippen molar-refractivity contribution in [1.29, 1.82) is 0 Å². The molecule has 0 saturated heterocycles. The van der Waals surface area contributed by atoms with E-state index in [9.17, 15) is 0 Å². The standard InChI is InChI=1S/C13H7BrCl2N2O/c14-8-3-6(15)1-2-7(8)13-18-11-4-9(16)10(17)5-12(11)19-13/h1-5H,17H2. The fourth-order valence-corrected chi connectivity index (χ4v) is 2.75. The minimum absolute atomic E-state index is 0.461. The maximum atomic E-state index is 5.96. The van der Waals surface area contributed by atoms with Crippen molar-refractivity contribution in [2.45, 2.75) is 0 Å². The van der Waals surface area contributed by atoms with Gasteiger partial charge in [-0.15, -0.1) is 0 Å². The van der Waals surface area contributed by atoms with Crippen LogP contribution in [0.25, 0.3) is 22.6 Å². The van der Waals surface area contributed by atoms with Crippen molar-refractivity contribution in [3.05, 3.63) is 44.8 Å². The van der Waals surface area contributed by atoms with E-state index in [4.69, 9.17) is 33.4 Å². The first-order valence-corrected chi connectivity index (χ1v) is 6.90. The van der Waals surface area contributed by atoms with Crippen LogP contribution in [0.5, 0.6) is 0 Å². The number of anilines is 1. The monoisotopic (exact) mass is 356 g/mol. The average molecular weight is 358 g/mol. The lowest BCUT2D eigenvalue weighted by atomic mass is 10.2. The highest BCUT2D eigenvalue weighted by Crippen LogP contribution is 2.34. The van der Waals surface area contributed by atoms with E-state index in [0.29, 0.717) is 32.7 Å². The Balaban J connectivity index is 2.20. The second kappa shape index (κ2) is 4.71. The molecule has 0 aliphatic carbocycles. The van der Waals surface area contributed by atoms with Gasteiger partial charge in [-0.3, -0.25) is 0 Å². The van der Waals surface area contributed by atoms with Gasteiger partial charge in [0.1, 0.15) is 5.52 Å². The van der Waals surface area contributed by atoms with E-state index in [1.807, 2.05) is 6.07 Å². The maximum Gasteiger partial charge on any atom is 0.228 e. The molecule has 2 aromatic carbocycles. The summed E-state index contributed by atoms with van der Waals surface area (Å²) in [4.78, 5) is 4.40. The van der Waals surface area contributed by atoms with Crippen molar-refractivity contribution in [3.63, 3.8) is 0 Å². The highest BCUT2D eigenvalue weighted by Gasteiger charge is 2.13. The summed E-state index contributed by atoms with van der Waals surface area (Å²) < 4.78 is 6.50. The molecule has 3 aromatic rings. The van der Waals surface area contributed by atoms with Gasteiger partial charge in [0.25, 0.3) is 0 Å². The number of halogens is 3. The summed E-state index contributed by atoms with van der Waals surface area (Å²) >= 11 is 15.3. The van der Waals surface area contributed by atoms with Gasteiger partial charge in [-0.1, -0.05) is 23.2 Å². The Hall–Kier alpha value is -1.23. The van der Waals surface area contributed by atoms with Gasteiger partial charge >= 0.3 is 0 Å². The lowest BCUT2D eigenvalue weighted by Gasteiger charge is -1.99. The van der Waals surface area contributed by atoms with E-state index < -0.39 is 0 Å². The highest BCUT2D eigenvalue weighted by atomic mass is 79.9. The minimum Gasteiger partial charge on any atom is -0.436 e. The summed E-state index contributed by atoms with van der Waals surface area (Å²) in [5.74, 6) is 0.486. The molecule has 0 atom stereocenters. The lowest BCUT2D eigenvalue weighted by molar-refractivity contribution is 0.619. The summed E-state index contributed by atoms with van der Waals surface area (Å²) in [5.41, 5.74) is 8.28. The molecule has 3 nitrogen and oxygen atoms in total. The maximum absolute atomic E-state index is 5.96. The van der Waals surface area contributed by atoms with Gasteiger partial charge in [0.2, 0.25) is 5.89 Å². The number of oxazole rings is 1. The third-order valence-corrected chi connectivity index (χ3v) is 3.89. The van der Waals surface area contributed by atoms with E-state index in [1.54, 1.807) is 24.3 Å². The second-order valence-electron chi connectivity index (χ2n) is 3.98. The van der Waals surface area contributed by atoms with Crippen LogP contribution in [-0.2, 0) is 0 Å². The fourth-order valence-electron chi connectivity index (χ4n) is 1.74. The van der Waals surface area contributed by atoms with Gasteiger partial charge in [-0.25, -0.2) is 4.98 Å². The molecule has 0 radical (unpaired) electrons. The quantitative estimate of drug-likeness (QED) is 0.613. The van der Waals surface area contributed by atoms with Crippen LogP contribution >= 0.6 is 39.1 Å². The van der Waals surface area contributed by atoms with E-state index in [1.165, 1.54) is 0 Å². The van der Waals surface area contributed by atoms with Crippen LogP contribution in [0.4, 0.5) is 5.69 Å². The number of nitrogens with two attached hydrogens (primary N) is 1. The zero-order chi connectivity index (χ0) is 13.6. The van der Waals surface area contributed by atoms with Crippen molar-refractivity contribution in [1.82, 2.24) is 4.98 Å². The van der Waals surface area contributed by atoms with Crippen LogP contribution in [-0.4, -0.2) is 4.98 Å². The Morgan fingerprint density at radius 2 is 1.95 bits per heavy atom. The lowest BCUT2D eigenvalue weighted by Crippen LogP contribution is -1.84. The normalized spacial score (nSPS) is 11.1. The van der Waals surface area contributed by atoms with Gasteiger partial charge in [0, 0.05) is 15.6 Å². The van der Waals surface area contributed by atoms with Crippen molar-refractivity contribution >= 4 is 55.9 Å². The number of rotatable bonds is 1. The molecular formula is C13H7BrCl2N2O. The van der Waals surface area contributed by atoms with Gasteiger partial charge in [0.05, 0.1) is 16.3 Å². The zero-order valence-corrected chi connectivity index (χ0v) is 12.6. The van der Waals surface area contributed by atoms with Crippen LogP contribution in [0.3, 0.4) is 0 Å². The summed E-state index contributed by atoms with van der Waals surface area (Å²) in [6.45, 7) is 0. The molecule has 1 heterocycles. The smallest absolute Gasteiger partial charge is 0.228 e. The Morgan fingerprint density at radius 1 is 1.16 bits per heavy atom. The first-order chi connectivity index (χ1) is 9.04.